The molecule has 1 aliphatic heterocycles. The largest absolute Gasteiger partial charge is 0.392 e. The van der Waals surface area contributed by atoms with E-state index in [4.69, 9.17) is 4.74 Å². The number of hydrogen-bond donors (Lipinski definition) is 2. The molecule has 0 radical (unpaired) electrons. The van der Waals surface area contributed by atoms with Crippen molar-refractivity contribution >= 4 is 0 Å². The molecule has 0 aromatic heterocycles. The highest BCUT2D eigenvalue weighted by Gasteiger charge is 2.30. The predicted octanol–water partition coefficient (Wildman–Crippen LogP) is 1.80. The van der Waals surface area contributed by atoms with Gasteiger partial charge in [0.2, 0.25) is 0 Å². The molecular formula is C13H27NO2. The van der Waals surface area contributed by atoms with E-state index in [1.807, 2.05) is 0 Å². The van der Waals surface area contributed by atoms with Gasteiger partial charge in [-0.05, 0) is 18.8 Å². The second-order valence-corrected chi connectivity index (χ2v) is 5.94. The topological polar surface area (TPSA) is 41.5 Å². The zero-order valence-corrected chi connectivity index (χ0v) is 11.1. The van der Waals surface area contributed by atoms with Crippen LogP contribution < -0.4 is 5.32 Å². The molecule has 3 nitrogen and oxygen atoms in total. The Morgan fingerprint density at radius 1 is 1.31 bits per heavy atom. The van der Waals surface area contributed by atoms with E-state index in [1.165, 1.54) is 0 Å². The monoisotopic (exact) mass is 229 g/mol. The third-order valence-electron chi connectivity index (χ3n) is 3.50. The second kappa shape index (κ2) is 5.99. The Morgan fingerprint density at radius 2 is 1.88 bits per heavy atom. The molecule has 0 spiro atoms. The first kappa shape index (κ1) is 13.9. The lowest BCUT2D eigenvalue weighted by molar-refractivity contribution is 0.00779. The Kier molecular flexibility index (Phi) is 5.22. The van der Waals surface area contributed by atoms with Crippen molar-refractivity contribution in [3.05, 3.63) is 0 Å². The highest BCUT2D eigenvalue weighted by Crippen LogP contribution is 2.25. The zero-order valence-electron chi connectivity index (χ0n) is 11.1. The minimum Gasteiger partial charge on any atom is -0.392 e. The van der Waals surface area contributed by atoms with Gasteiger partial charge in [0, 0.05) is 31.2 Å². The quantitative estimate of drug-likeness (QED) is 0.755. The van der Waals surface area contributed by atoms with Crippen LogP contribution in [0, 0.1) is 11.3 Å². The number of hydrogen-bond acceptors (Lipinski definition) is 3. The second-order valence-electron chi connectivity index (χ2n) is 5.94. The lowest BCUT2D eigenvalue weighted by Crippen LogP contribution is -2.46. The standard InChI is InChI=1S/C13H27NO2/c1-10(2)12(15)13(3,4)9-14-11-5-7-16-8-6-11/h10-12,14-15H,5-9H2,1-4H3. The first-order valence-electron chi connectivity index (χ1n) is 6.42. The van der Waals surface area contributed by atoms with Gasteiger partial charge in [-0.1, -0.05) is 27.7 Å². The van der Waals surface area contributed by atoms with E-state index in [-0.39, 0.29) is 11.5 Å². The molecule has 1 atom stereocenters. The van der Waals surface area contributed by atoms with Crippen molar-refractivity contribution in [2.75, 3.05) is 19.8 Å². The van der Waals surface area contributed by atoms with E-state index >= 15 is 0 Å². The molecule has 1 rings (SSSR count). The van der Waals surface area contributed by atoms with Crippen molar-refractivity contribution in [3.8, 4) is 0 Å². The number of nitrogens with one attached hydrogen (secondary N) is 1. The SMILES string of the molecule is CC(C)C(O)C(C)(C)CNC1CCOCC1. The fourth-order valence-electron chi connectivity index (χ4n) is 2.32. The van der Waals surface area contributed by atoms with Crippen molar-refractivity contribution in [2.24, 2.45) is 11.3 Å². The van der Waals surface area contributed by atoms with Gasteiger partial charge < -0.3 is 15.2 Å². The number of aliphatic hydroxyl groups is 1. The van der Waals surface area contributed by atoms with Crippen molar-refractivity contribution < 1.29 is 9.84 Å². The maximum atomic E-state index is 10.1. The summed E-state index contributed by atoms with van der Waals surface area (Å²) in [5, 5.41) is 13.7. The molecule has 0 saturated carbocycles. The fourth-order valence-corrected chi connectivity index (χ4v) is 2.32. The van der Waals surface area contributed by atoms with Gasteiger partial charge >= 0.3 is 0 Å². The van der Waals surface area contributed by atoms with Crippen LogP contribution in [0.2, 0.25) is 0 Å². The molecule has 1 unspecified atom stereocenters. The molecule has 1 fully saturated rings. The van der Waals surface area contributed by atoms with Gasteiger partial charge in [-0.3, -0.25) is 0 Å². The van der Waals surface area contributed by atoms with Crippen LogP contribution in [-0.2, 0) is 4.74 Å². The van der Waals surface area contributed by atoms with E-state index in [0.717, 1.165) is 32.6 Å². The zero-order chi connectivity index (χ0) is 12.2. The van der Waals surface area contributed by atoms with Gasteiger partial charge in [0.05, 0.1) is 6.10 Å². The van der Waals surface area contributed by atoms with E-state index in [0.29, 0.717) is 12.0 Å². The number of ether oxygens (including phenoxy) is 1. The predicted molar refractivity (Wildman–Crippen MR) is 66.5 cm³/mol. The minimum absolute atomic E-state index is 0.0630. The number of rotatable bonds is 5. The lowest BCUT2D eigenvalue weighted by atomic mass is 9.80. The molecule has 1 aliphatic rings. The van der Waals surface area contributed by atoms with Gasteiger partial charge in [0.1, 0.15) is 0 Å². The van der Waals surface area contributed by atoms with Crippen LogP contribution in [0.1, 0.15) is 40.5 Å². The van der Waals surface area contributed by atoms with Gasteiger partial charge in [-0.25, -0.2) is 0 Å². The summed E-state index contributed by atoms with van der Waals surface area (Å²) in [5.41, 5.74) is -0.0630. The maximum absolute atomic E-state index is 10.1. The highest BCUT2D eigenvalue weighted by atomic mass is 16.5. The third kappa shape index (κ3) is 4.04. The van der Waals surface area contributed by atoms with E-state index in [2.05, 4.69) is 33.0 Å². The molecule has 0 bridgehead atoms. The van der Waals surface area contributed by atoms with Gasteiger partial charge in [-0.15, -0.1) is 0 Å². The van der Waals surface area contributed by atoms with Crippen LogP contribution >= 0.6 is 0 Å². The fraction of sp³-hybridized carbons (Fsp3) is 1.00. The van der Waals surface area contributed by atoms with Crippen LogP contribution in [0.4, 0.5) is 0 Å². The van der Waals surface area contributed by atoms with Crippen LogP contribution in [0.15, 0.2) is 0 Å². The normalized spacial score (nSPS) is 21.4. The molecule has 0 aromatic carbocycles. The average molecular weight is 229 g/mol. The van der Waals surface area contributed by atoms with E-state index < -0.39 is 0 Å². The van der Waals surface area contributed by atoms with Crippen LogP contribution in [0.5, 0.6) is 0 Å². The Hall–Kier alpha value is -0.120. The van der Waals surface area contributed by atoms with Crippen molar-refractivity contribution in [1.29, 1.82) is 0 Å². The van der Waals surface area contributed by atoms with Crippen LogP contribution in [0.3, 0.4) is 0 Å². The Morgan fingerprint density at radius 3 is 2.38 bits per heavy atom. The maximum Gasteiger partial charge on any atom is 0.0626 e. The average Bonchev–Trinajstić information content (AvgIpc) is 2.27. The summed E-state index contributed by atoms with van der Waals surface area (Å²) in [7, 11) is 0. The van der Waals surface area contributed by atoms with Crippen LogP contribution in [0.25, 0.3) is 0 Å². The van der Waals surface area contributed by atoms with Crippen LogP contribution in [-0.4, -0.2) is 37.0 Å². The summed E-state index contributed by atoms with van der Waals surface area (Å²) in [4.78, 5) is 0. The lowest BCUT2D eigenvalue weighted by Gasteiger charge is -2.35. The van der Waals surface area contributed by atoms with Crippen molar-refractivity contribution in [1.82, 2.24) is 5.32 Å². The molecule has 0 aliphatic carbocycles. The van der Waals surface area contributed by atoms with Gasteiger partial charge in [0.25, 0.3) is 0 Å². The molecule has 0 aromatic rings. The molecular weight excluding hydrogens is 202 g/mol. The Bertz CT molecular complexity index is 198. The Balaban J connectivity index is 2.34. The molecule has 1 saturated heterocycles. The third-order valence-corrected chi connectivity index (χ3v) is 3.50. The smallest absolute Gasteiger partial charge is 0.0626 e. The molecule has 96 valence electrons. The summed E-state index contributed by atoms with van der Waals surface area (Å²) in [6.07, 6.45) is 1.93. The molecule has 16 heavy (non-hydrogen) atoms. The Labute approximate surface area is 99.6 Å². The first-order chi connectivity index (χ1) is 7.43. The van der Waals surface area contributed by atoms with E-state index in [9.17, 15) is 5.11 Å². The molecule has 2 N–H and O–H groups in total. The van der Waals surface area contributed by atoms with Crippen molar-refractivity contribution in [3.63, 3.8) is 0 Å². The minimum atomic E-state index is -0.250. The summed E-state index contributed by atoms with van der Waals surface area (Å²) >= 11 is 0. The number of aliphatic hydroxyl groups excluding tert-OH is 1. The van der Waals surface area contributed by atoms with E-state index in [1.54, 1.807) is 0 Å². The highest BCUT2D eigenvalue weighted by molar-refractivity contribution is 4.84. The molecule has 1 heterocycles. The van der Waals surface area contributed by atoms with Gasteiger partial charge in [-0.2, -0.15) is 0 Å². The van der Waals surface area contributed by atoms with Gasteiger partial charge in [0.15, 0.2) is 0 Å². The summed E-state index contributed by atoms with van der Waals surface area (Å²) in [6, 6.07) is 0.562. The summed E-state index contributed by atoms with van der Waals surface area (Å²) in [6.45, 7) is 11.0. The first-order valence-corrected chi connectivity index (χ1v) is 6.42. The van der Waals surface area contributed by atoms with Crippen molar-refractivity contribution in [2.45, 2.75) is 52.7 Å². The summed E-state index contributed by atoms with van der Waals surface area (Å²) < 4.78 is 5.33. The molecule has 0 amide bonds. The summed E-state index contributed by atoms with van der Waals surface area (Å²) in [5.74, 6) is 0.312. The molecule has 3 heteroatoms.